The maximum atomic E-state index is 13.1. The highest BCUT2D eigenvalue weighted by Crippen LogP contribution is 2.32. The van der Waals surface area contributed by atoms with Crippen LogP contribution in [-0.2, 0) is 23.8 Å². The van der Waals surface area contributed by atoms with E-state index >= 15 is 0 Å². The fraction of sp³-hybridized carbons (Fsp3) is 0.409. The van der Waals surface area contributed by atoms with Gasteiger partial charge in [0.1, 0.15) is 11.6 Å². The Morgan fingerprint density at radius 1 is 0.964 bits per heavy atom. The third-order valence-electron chi connectivity index (χ3n) is 4.98. The lowest BCUT2D eigenvalue weighted by atomic mass is 10.1. The van der Waals surface area contributed by atoms with Crippen LogP contribution in [-0.4, -0.2) is 14.7 Å². The summed E-state index contributed by atoms with van der Waals surface area (Å²) < 4.78 is 40.5. The summed E-state index contributed by atoms with van der Waals surface area (Å²) in [5.41, 5.74) is 3.68. The zero-order chi connectivity index (χ0) is 20.5. The fourth-order valence-corrected chi connectivity index (χ4v) is 4.30. The molecule has 150 valence electrons. The zero-order valence-corrected chi connectivity index (χ0v) is 17.2. The van der Waals surface area contributed by atoms with Crippen molar-refractivity contribution >= 4 is 16.8 Å². The van der Waals surface area contributed by atoms with Crippen LogP contribution >= 0.6 is 0 Å². The molecule has 2 aromatic carbocycles. The number of carbonyl (C=O) groups excluding carboxylic acids is 1. The van der Waals surface area contributed by atoms with E-state index in [1.54, 1.807) is 18.2 Å². The van der Waals surface area contributed by atoms with Crippen LogP contribution in [0.1, 0.15) is 66.7 Å². The normalized spacial score (nSPS) is 18.9. The Hall–Kier alpha value is -1.92. The van der Waals surface area contributed by atoms with Crippen LogP contribution < -0.4 is 4.72 Å². The quantitative estimate of drug-likeness (QED) is 0.779. The van der Waals surface area contributed by atoms with Gasteiger partial charge in [0.2, 0.25) is 0 Å². The van der Waals surface area contributed by atoms with Crippen molar-refractivity contribution in [3.63, 3.8) is 0 Å². The lowest BCUT2D eigenvalue weighted by molar-refractivity contribution is 0.0994. The molecular formula is C22H25F2NO2S. The number of carbonyl (C=O) groups is 1. The van der Waals surface area contributed by atoms with Gasteiger partial charge in [-0.2, -0.15) is 0 Å². The molecule has 2 aromatic rings. The number of aryl methyl sites for hydroxylation is 2. The van der Waals surface area contributed by atoms with Crippen LogP contribution in [0.3, 0.4) is 0 Å². The molecule has 1 N–H and O–H groups in total. The summed E-state index contributed by atoms with van der Waals surface area (Å²) in [5, 5.41) is 0. The molecule has 0 unspecified atom stereocenters. The fourth-order valence-electron chi connectivity index (χ4n) is 3.44. The molecule has 0 saturated carbocycles. The van der Waals surface area contributed by atoms with Crippen LogP contribution in [0.15, 0.2) is 36.4 Å². The maximum absolute atomic E-state index is 13.1. The number of halogens is 2. The van der Waals surface area contributed by atoms with Crippen molar-refractivity contribution in [1.82, 2.24) is 4.72 Å². The van der Waals surface area contributed by atoms with Crippen LogP contribution in [0.4, 0.5) is 8.78 Å². The molecule has 2 aliphatic rings. The monoisotopic (exact) mass is 405 g/mol. The molecular weight excluding hydrogens is 380 g/mol. The molecule has 3 nitrogen and oxygen atoms in total. The van der Waals surface area contributed by atoms with Crippen molar-refractivity contribution in [3.05, 3.63) is 70.3 Å². The van der Waals surface area contributed by atoms with E-state index < -0.39 is 11.0 Å². The van der Waals surface area contributed by atoms with E-state index in [1.165, 1.54) is 18.2 Å². The summed E-state index contributed by atoms with van der Waals surface area (Å²) >= 11 is 0. The Kier molecular flexibility index (Phi) is 6.10. The third kappa shape index (κ3) is 4.73. The van der Waals surface area contributed by atoms with Crippen molar-refractivity contribution in [2.45, 2.75) is 57.2 Å². The van der Waals surface area contributed by atoms with Gasteiger partial charge in [-0.25, -0.2) is 17.7 Å². The largest absolute Gasteiger partial charge is 0.294 e. The molecule has 0 aromatic heterocycles. The number of Topliss-reactive ketones (excluding diaryl/α,β-unsaturated/α-hetero) is 1. The topological polar surface area (TPSA) is 46.2 Å². The number of nitrogens with one attached hydrogen (secondary N) is 1. The predicted molar refractivity (Wildman–Crippen MR) is 108 cm³/mol. The second kappa shape index (κ2) is 8.21. The van der Waals surface area contributed by atoms with Crippen molar-refractivity contribution in [2.75, 3.05) is 0 Å². The Bertz CT molecular complexity index is 921. The Labute approximate surface area is 167 Å². The standard InChI is InChI=1S/C13H18FNOS.C9H7FO/c1-13(2,3)17(16)15-12-7-4-9-8-10(14)5-6-11(9)12;10-7-2-3-8-6(5-7)1-4-9(8)11/h5-6,8,12,15H,4,7H2,1-3H3;2-3,5H,1,4H2/t12-,17-;/m1./s1. The van der Waals surface area contributed by atoms with E-state index in [1.807, 2.05) is 20.8 Å². The second-order valence-corrected chi connectivity index (χ2v) is 10.2. The molecule has 4 rings (SSSR count). The highest BCUT2D eigenvalue weighted by Gasteiger charge is 2.28. The first kappa shape index (κ1) is 20.8. The van der Waals surface area contributed by atoms with Gasteiger partial charge in [-0.1, -0.05) is 6.07 Å². The average molecular weight is 406 g/mol. The van der Waals surface area contributed by atoms with Crippen molar-refractivity contribution in [1.29, 1.82) is 0 Å². The van der Waals surface area contributed by atoms with Gasteiger partial charge in [0.25, 0.3) is 0 Å². The van der Waals surface area contributed by atoms with E-state index in [-0.39, 0.29) is 28.2 Å². The van der Waals surface area contributed by atoms with Crippen LogP contribution in [0.25, 0.3) is 0 Å². The predicted octanol–water partition coefficient (Wildman–Crippen LogP) is 4.82. The molecule has 0 amide bonds. The molecule has 0 fully saturated rings. The van der Waals surface area contributed by atoms with Crippen LogP contribution in [0, 0.1) is 11.6 Å². The minimum absolute atomic E-state index is 0.0886. The van der Waals surface area contributed by atoms with Gasteiger partial charge >= 0.3 is 0 Å². The van der Waals surface area contributed by atoms with E-state index in [4.69, 9.17) is 0 Å². The van der Waals surface area contributed by atoms with Gasteiger partial charge in [-0.3, -0.25) is 4.79 Å². The van der Waals surface area contributed by atoms with Crippen molar-refractivity contribution in [3.8, 4) is 0 Å². The average Bonchev–Trinajstić information content (AvgIpc) is 3.18. The number of hydrogen-bond acceptors (Lipinski definition) is 2. The van der Waals surface area contributed by atoms with Crippen molar-refractivity contribution in [2.24, 2.45) is 0 Å². The SMILES string of the molecule is CC(C)(C)[S@@](=O)N[C@@H]1CCc2cc(F)ccc21.O=C1CCc2cc(F)ccc21. The summed E-state index contributed by atoms with van der Waals surface area (Å²) in [6.07, 6.45) is 2.98. The molecule has 0 saturated heterocycles. The maximum Gasteiger partial charge on any atom is 0.163 e. The Balaban J connectivity index is 0.000000176. The number of rotatable bonds is 2. The van der Waals surface area contributed by atoms with E-state index in [2.05, 4.69) is 4.72 Å². The summed E-state index contributed by atoms with van der Waals surface area (Å²) in [6, 6.07) is 9.29. The molecule has 0 heterocycles. The van der Waals surface area contributed by atoms with Crippen molar-refractivity contribution < 1.29 is 17.8 Å². The highest BCUT2D eigenvalue weighted by molar-refractivity contribution is 7.84. The number of ketones is 1. The molecule has 0 aliphatic heterocycles. The van der Waals surface area contributed by atoms with Gasteiger partial charge in [-0.05, 0) is 87.1 Å². The molecule has 28 heavy (non-hydrogen) atoms. The number of fused-ring (bicyclic) bond motifs is 2. The van der Waals surface area contributed by atoms with Crippen LogP contribution in [0.5, 0.6) is 0 Å². The molecule has 2 atom stereocenters. The summed E-state index contributed by atoms with van der Waals surface area (Å²) in [5.74, 6) is -0.306. The summed E-state index contributed by atoms with van der Waals surface area (Å²) in [7, 11) is -1.08. The van der Waals surface area contributed by atoms with Gasteiger partial charge in [-0.15, -0.1) is 0 Å². The molecule has 0 bridgehead atoms. The first-order valence-electron chi connectivity index (χ1n) is 9.43. The highest BCUT2D eigenvalue weighted by atomic mass is 32.2. The third-order valence-corrected chi connectivity index (χ3v) is 6.59. The minimum atomic E-state index is -1.08. The Morgan fingerprint density at radius 3 is 2.29 bits per heavy atom. The molecule has 0 spiro atoms. The van der Waals surface area contributed by atoms with E-state index in [0.29, 0.717) is 18.4 Å². The first-order valence-corrected chi connectivity index (χ1v) is 10.6. The lowest BCUT2D eigenvalue weighted by Gasteiger charge is -2.22. The zero-order valence-electron chi connectivity index (χ0n) is 16.4. The number of hydrogen-bond donors (Lipinski definition) is 1. The number of benzene rings is 2. The van der Waals surface area contributed by atoms with Gasteiger partial charge in [0.05, 0.1) is 15.7 Å². The van der Waals surface area contributed by atoms with Gasteiger partial charge < -0.3 is 0 Å². The van der Waals surface area contributed by atoms with Gasteiger partial charge in [0, 0.05) is 18.0 Å². The minimum Gasteiger partial charge on any atom is -0.294 e. The summed E-state index contributed by atoms with van der Waals surface area (Å²) in [4.78, 5) is 11.1. The smallest absolute Gasteiger partial charge is 0.163 e. The lowest BCUT2D eigenvalue weighted by Crippen LogP contribution is -2.35. The first-order chi connectivity index (χ1) is 13.1. The second-order valence-electron chi connectivity index (χ2n) is 8.16. The Morgan fingerprint density at radius 2 is 1.61 bits per heavy atom. The molecule has 2 aliphatic carbocycles. The summed E-state index contributed by atoms with van der Waals surface area (Å²) in [6.45, 7) is 5.82. The van der Waals surface area contributed by atoms with E-state index in [0.717, 1.165) is 29.5 Å². The molecule has 6 heteroatoms. The molecule has 0 radical (unpaired) electrons. The van der Waals surface area contributed by atoms with Crippen LogP contribution in [0.2, 0.25) is 0 Å². The van der Waals surface area contributed by atoms with Gasteiger partial charge in [0.15, 0.2) is 5.78 Å². The van der Waals surface area contributed by atoms with E-state index in [9.17, 15) is 17.8 Å².